The van der Waals surface area contributed by atoms with Crippen molar-refractivity contribution >= 4 is 14.7 Å². The van der Waals surface area contributed by atoms with Gasteiger partial charge in [0, 0.05) is 13.7 Å². The zero-order valence-corrected chi connectivity index (χ0v) is 23.4. The fraction of sp³-hybridized carbons (Fsp3) is 0.625. The van der Waals surface area contributed by atoms with Gasteiger partial charge in [-0.1, -0.05) is 73.0 Å². The Morgan fingerprint density at radius 1 is 0.800 bits per heavy atom. The van der Waals surface area contributed by atoms with Crippen LogP contribution in [0.15, 0.2) is 48.5 Å². The van der Waals surface area contributed by atoms with Gasteiger partial charge in [0.25, 0.3) is 0 Å². The Labute approximate surface area is 216 Å². The summed E-state index contributed by atoms with van der Waals surface area (Å²) in [6, 6.07) is 18.6. The Morgan fingerprint density at radius 3 is 2.17 bits per heavy atom. The number of hydrogen-bond acceptors (Lipinski definition) is 1. The Morgan fingerprint density at radius 2 is 1.49 bits per heavy atom. The molecule has 0 saturated heterocycles. The molecule has 2 saturated carbocycles. The molecule has 3 heteroatoms. The molecule has 0 unspecified atom stereocenters. The number of unbranched alkanes of at least 4 members (excludes halogenated alkanes) is 3. The quantitative estimate of drug-likeness (QED) is 0.218. The van der Waals surface area contributed by atoms with Crippen LogP contribution in [0, 0.1) is 23.6 Å². The number of aryl methyl sites for hydroxylation is 1. The largest absolute Gasteiger partial charge is 0.384 e. The van der Waals surface area contributed by atoms with Gasteiger partial charge in [-0.15, -0.1) is 0 Å². The molecular weight excluding hydrogens is 447 g/mol. The standard InChI is InChI=1S/C32H47FOSi/c1-34-24-25-12-14-26(15-13-25)27-16-18-28(19-17-27)30-21-20-29(32(33)23-30)9-5-2-3-8-22-35-31-10-6-4-7-11-31/h4,6-7,10-11,20-21,23,25-28H,2-3,5,8-9,12-19,22,24,35H2,1H3/t25-,26-,27?,28?. The lowest BCUT2D eigenvalue weighted by Crippen LogP contribution is -2.26. The molecule has 2 fully saturated rings. The molecular formula is C32H47FOSi. The van der Waals surface area contributed by atoms with Gasteiger partial charge in [-0.25, -0.2) is 4.39 Å². The second-order valence-corrected chi connectivity index (χ2v) is 13.5. The van der Waals surface area contributed by atoms with Gasteiger partial charge in [0.1, 0.15) is 5.82 Å². The molecule has 2 aromatic rings. The van der Waals surface area contributed by atoms with Crippen LogP contribution in [0.3, 0.4) is 0 Å². The second-order valence-electron chi connectivity index (χ2n) is 11.5. The molecule has 0 bridgehead atoms. The van der Waals surface area contributed by atoms with Gasteiger partial charge in [-0.05, 0) is 105 Å². The first-order chi connectivity index (χ1) is 17.2. The highest BCUT2D eigenvalue weighted by Crippen LogP contribution is 2.44. The van der Waals surface area contributed by atoms with E-state index < -0.39 is 0 Å². The van der Waals surface area contributed by atoms with Crippen LogP contribution in [0.25, 0.3) is 0 Å². The molecule has 0 amide bonds. The summed E-state index contributed by atoms with van der Waals surface area (Å²) in [5.74, 6) is 3.21. The van der Waals surface area contributed by atoms with E-state index in [0.717, 1.165) is 42.8 Å². The SMILES string of the molecule is COC[C@H]1CC[C@H](C2CCC(c3ccc(CCCCCC[SiH2]c4ccccc4)c(F)c3)CC2)CC1. The first-order valence-corrected chi connectivity index (χ1v) is 16.2. The average Bonchev–Trinajstić information content (AvgIpc) is 2.90. The van der Waals surface area contributed by atoms with E-state index in [0.29, 0.717) is 5.92 Å². The van der Waals surface area contributed by atoms with Crippen molar-refractivity contribution in [2.75, 3.05) is 13.7 Å². The summed E-state index contributed by atoms with van der Waals surface area (Å²) >= 11 is 0. The van der Waals surface area contributed by atoms with Crippen LogP contribution in [0.2, 0.25) is 6.04 Å². The average molecular weight is 495 g/mol. The van der Waals surface area contributed by atoms with Gasteiger partial charge in [0.05, 0.1) is 9.52 Å². The van der Waals surface area contributed by atoms with Crippen LogP contribution in [-0.2, 0) is 11.2 Å². The van der Waals surface area contributed by atoms with Crippen molar-refractivity contribution < 1.29 is 9.13 Å². The minimum Gasteiger partial charge on any atom is -0.384 e. The van der Waals surface area contributed by atoms with Gasteiger partial charge in [0.2, 0.25) is 0 Å². The first-order valence-electron chi connectivity index (χ1n) is 14.5. The number of ether oxygens (including phenoxy) is 1. The van der Waals surface area contributed by atoms with E-state index in [1.54, 1.807) is 5.19 Å². The van der Waals surface area contributed by atoms with E-state index in [1.165, 1.54) is 82.2 Å². The van der Waals surface area contributed by atoms with Crippen LogP contribution in [0.5, 0.6) is 0 Å². The molecule has 0 spiro atoms. The summed E-state index contributed by atoms with van der Waals surface area (Å²) in [7, 11) is 1.74. The van der Waals surface area contributed by atoms with Crippen molar-refractivity contribution in [1.82, 2.24) is 0 Å². The zero-order valence-electron chi connectivity index (χ0n) is 22.0. The normalized spacial score (nSPS) is 25.3. The number of hydrogen-bond donors (Lipinski definition) is 0. The highest BCUT2D eigenvalue weighted by Gasteiger charge is 2.31. The maximum absolute atomic E-state index is 14.9. The van der Waals surface area contributed by atoms with Crippen LogP contribution in [0.1, 0.15) is 94.1 Å². The van der Waals surface area contributed by atoms with Crippen molar-refractivity contribution in [3.63, 3.8) is 0 Å². The van der Waals surface area contributed by atoms with Crippen LogP contribution in [0.4, 0.5) is 4.39 Å². The number of benzene rings is 2. The summed E-state index contributed by atoms with van der Waals surface area (Å²) in [5, 5.41) is 1.58. The van der Waals surface area contributed by atoms with Gasteiger partial charge >= 0.3 is 0 Å². The lowest BCUT2D eigenvalue weighted by atomic mass is 9.68. The zero-order chi connectivity index (χ0) is 24.3. The number of methoxy groups -OCH3 is 1. The summed E-state index contributed by atoms with van der Waals surface area (Å²) in [6.45, 7) is 0.942. The van der Waals surface area contributed by atoms with E-state index in [-0.39, 0.29) is 15.3 Å². The minimum absolute atomic E-state index is 0.0394. The highest BCUT2D eigenvalue weighted by atomic mass is 28.2. The van der Waals surface area contributed by atoms with Gasteiger partial charge in [-0.2, -0.15) is 0 Å². The topological polar surface area (TPSA) is 9.23 Å². The fourth-order valence-corrected chi connectivity index (χ4v) is 8.44. The molecule has 2 aliphatic rings. The van der Waals surface area contributed by atoms with E-state index in [1.807, 2.05) is 13.2 Å². The Balaban J connectivity index is 1.12. The van der Waals surface area contributed by atoms with Crippen molar-refractivity contribution in [2.45, 2.75) is 95.4 Å². The van der Waals surface area contributed by atoms with E-state index in [2.05, 4.69) is 42.5 Å². The monoisotopic (exact) mass is 494 g/mol. The van der Waals surface area contributed by atoms with Crippen molar-refractivity contribution in [2.24, 2.45) is 17.8 Å². The molecule has 192 valence electrons. The lowest BCUT2D eigenvalue weighted by Gasteiger charge is -2.38. The number of rotatable bonds is 12. The summed E-state index contributed by atoms with van der Waals surface area (Å²) in [4.78, 5) is 0. The highest BCUT2D eigenvalue weighted by molar-refractivity contribution is 6.53. The van der Waals surface area contributed by atoms with Gasteiger partial charge in [-0.3, -0.25) is 0 Å². The minimum atomic E-state index is -0.0960. The maximum atomic E-state index is 14.9. The summed E-state index contributed by atoms with van der Waals surface area (Å²) in [5.41, 5.74) is 2.17. The molecule has 0 heterocycles. The molecule has 0 radical (unpaired) electrons. The van der Waals surface area contributed by atoms with E-state index in [4.69, 9.17) is 4.74 Å². The molecule has 4 rings (SSSR count). The molecule has 2 aliphatic carbocycles. The summed E-state index contributed by atoms with van der Waals surface area (Å²) < 4.78 is 20.3. The lowest BCUT2D eigenvalue weighted by molar-refractivity contribution is 0.0968. The molecule has 0 N–H and O–H groups in total. The third kappa shape index (κ3) is 8.28. The predicted octanol–water partition coefficient (Wildman–Crippen LogP) is 7.57. The third-order valence-electron chi connectivity index (χ3n) is 9.04. The van der Waals surface area contributed by atoms with E-state index in [9.17, 15) is 4.39 Å². The van der Waals surface area contributed by atoms with Crippen molar-refractivity contribution in [3.8, 4) is 0 Å². The maximum Gasteiger partial charge on any atom is 0.126 e. The van der Waals surface area contributed by atoms with Crippen LogP contribution in [-0.4, -0.2) is 23.2 Å². The fourth-order valence-electron chi connectivity index (χ4n) is 6.83. The molecule has 0 aromatic heterocycles. The Hall–Kier alpha value is -1.45. The van der Waals surface area contributed by atoms with Gasteiger partial charge in [0.15, 0.2) is 0 Å². The number of halogens is 1. The van der Waals surface area contributed by atoms with Crippen LogP contribution >= 0.6 is 0 Å². The molecule has 0 atom stereocenters. The molecule has 1 nitrogen and oxygen atoms in total. The van der Waals surface area contributed by atoms with Gasteiger partial charge < -0.3 is 4.74 Å². The summed E-state index contributed by atoms with van der Waals surface area (Å²) in [6.07, 6.45) is 16.5. The molecule has 0 aliphatic heterocycles. The Kier molecular flexibility index (Phi) is 10.9. The smallest absolute Gasteiger partial charge is 0.126 e. The van der Waals surface area contributed by atoms with Crippen molar-refractivity contribution in [1.29, 1.82) is 0 Å². The first kappa shape index (κ1) is 26.6. The van der Waals surface area contributed by atoms with Crippen LogP contribution < -0.4 is 5.19 Å². The third-order valence-corrected chi connectivity index (χ3v) is 10.9. The van der Waals surface area contributed by atoms with E-state index >= 15 is 0 Å². The molecule has 35 heavy (non-hydrogen) atoms. The van der Waals surface area contributed by atoms with Crippen molar-refractivity contribution in [3.05, 3.63) is 65.5 Å². The Bertz CT molecular complexity index is 853. The second kappa shape index (κ2) is 14.3. The predicted molar refractivity (Wildman–Crippen MR) is 150 cm³/mol. The molecule has 2 aromatic carbocycles.